The molecule has 0 atom stereocenters. The summed E-state index contributed by atoms with van der Waals surface area (Å²) < 4.78 is 28.9. The molecule has 0 spiro atoms. The number of nitrogens with zero attached hydrogens (tertiary/aromatic N) is 4. The van der Waals surface area contributed by atoms with Crippen LogP contribution in [0, 0.1) is 5.92 Å². The lowest BCUT2D eigenvalue weighted by atomic mass is 9.97. The molecule has 1 fully saturated rings. The lowest BCUT2D eigenvalue weighted by Crippen LogP contribution is -2.46. The fourth-order valence-corrected chi connectivity index (χ4v) is 4.35. The molecule has 1 amide bonds. The Hall–Kier alpha value is -2.23. The number of imidazole rings is 1. The van der Waals surface area contributed by atoms with Crippen molar-refractivity contribution in [3.05, 3.63) is 48.5 Å². The van der Waals surface area contributed by atoms with Crippen LogP contribution in [-0.4, -0.2) is 59.7 Å². The van der Waals surface area contributed by atoms with E-state index in [1.54, 1.807) is 12.5 Å². The Balaban J connectivity index is 1.57. The topological polar surface area (TPSA) is 87.5 Å². The largest absolute Gasteiger partial charge is 0.352 e. The van der Waals surface area contributed by atoms with Gasteiger partial charge in [-0.05, 0) is 24.5 Å². The molecule has 0 unspecified atom stereocenters. The zero-order chi connectivity index (χ0) is 19.4. The molecule has 1 aliphatic rings. The first-order chi connectivity index (χ1) is 12.9. The van der Waals surface area contributed by atoms with Gasteiger partial charge >= 0.3 is 0 Å². The average Bonchev–Trinajstić information content (AvgIpc) is 3.21. The summed E-state index contributed by atoms with van der Waals surface area (Å²) in [6.45, 7) is 1.15. The molecule has 2 aromatic rings. The molecule has 146 valence electrons. The molecule has 1 aromatic carbocycles. The Labute approximate surface area is 160 Å². The predicted molar refractivity (Wildman–Crippen MR) is 102 cm³/mol. The number of carbonyl (C=O) groups excluding carboxylic acids is 1. The number of benzene rings is 1. The van der Waals surface area contributed by atoms with Crippen molar-refractivity contribution in [3.8, 4) is 5.69 Å². The summed E-state index contributed by atoms with van der Waals surface area (Å²) in [6, 6.07) is 7.84. The molecule has 3 rings (SSSR count). The molecule has 1 saturated heterocycles. The van der Waals surface area contributed by atoms with Gasteiger partial charge in [-0.1, -0.05) is 18.2 Å². The van der Waals surface area contributed by atoms with E-state index in [0.29, 0.717) is 32.5 Å². The molecule has 9 heteroatoms. The molecule has 1 aliphatic heterocycles. The van der Waals surface area contributed by atoms with E-state index in [0.717, 1.165) is 11.3 Å². The van der Waals surface area contributed by atoms with Gasteiger partial charge < -0.3 is 9.88 Å². The Morgan fingerprint density at radius 3 is 2.59 bits per heavy atom. The van der Waals surface area contributed by atoms with E-state index in [9.17, 15) is 13.2 Å². The third kappa shape index (κ3) is 4.37. The highest BCUT2D eigenvalue weighted by atomic mass is 32.2. The standard InChI is InChI=1S/C18H25N5O3S/c1-21(2)27(25,26)23-10-7-15(8-11-23)18(24)20-13-16-5-3-4-6-17(16)22-12-9-19-14-22/h3-6,9,12,14-15H,7-8,10-11,13H2,1-2H3,(H,20,24). The molecule has 27 heavy (non-hydrogen) atoms. The summed E-state index contributed by atoms with van der Waals surface area (Å²) >= 11 is 0. The second-order valence-electron chi connectivity index (χ2n) is 6.78. The fourth-order valence-electron chi connectivity index (χ4n) is 3.22. The van der Waals surface area contributed by atoms with Crippen LogP contribution in [0.2, 0.25) is 0 Å². The normalized spacial score (nSPS) is 16.6. The van der Waals surface area contributed by atoms with Crippen LogP contribution in [0.5, 0.6) is 0 Å². The van der Waals surface area contributed by atoms with E-state index in [-0.39, 0.29) is 11.8 Å². The minimum Gasteiger partial charge on any atom is -0.352 e. The molecule has 0 saturated carbocycles. The Bertz CT molecular complexity index is 872. The smallest absolute Gasteiger partial charge is 0.281 e. The van der Waals surface area contributed by atoms with Gasteiger partial charge in [0.15, 0.2) is 0 Å². The average molecular weight is 391 g/mol. The number of hydrogen-bond donors (Lipinski definition) is 1. The Morgan fingerprint density at radius 1 is 1.26 bits per heavy atom. The molecule has 0 bridgehead atoms. The minimum absolute atomic E-state index is 0.0302. The van der Waals surface area contributed by atoms with Crippen LogP contribution < -0.4 is 5.32 Å². The quantitative estimate of drug-likeness (QED) is 0.796. The maximum absolute atomic E-state index is 12.6. The zero-order valence-corrected chi connectivity index (χ0v) is 16.4. The summed E-state index contributed by atoms with van der Waals surface area (Å²) in [6.07, 6.45) is 6.36. The monoisotopic (exact) mass is 391 g/mol. The maximum atomic E-state index is 12.6. The molecule has 0 aliphatic carbocycles. The summed E-state index contributed by atoms with van der Waals surface area (Å²) in [7, 11) is -0.369. The van der Waals surface area contributed by atoms with Gasteiger partial charge in [-0.15, -0.1) is 0 Å². The van der Waals surface area contributed by atoms with Crippen molar-refractivity contribution in [2.75, 3.05) is 27.2 Å². The summed E-state index contributed by atoms with van der Waals surface area (Å²) in [4.78, 5) is 16.6. The number of amides is 1. The van der Waals surface area contributed by atoms with Crippen LogP contribution in [0.15, 0.2) is 43.0 Å². The van der Waals surface area contributed by atoms with Gasteiger partial charge in [0.2, 0.25) is 5.91 Å². The molecular weight excluding hydrogens is 366 g/mol. The summed E-state index contributed by atoms with van der Waals surface area (Å²) in [5, 5.41) is 3.00. The van der Waals surface area contributed by atoms with E-state index >= 15 is 0 Å². The minimum atomic E-state index is -3.41. The number of rotatable bonds is 6. The zero-order valence-electron chi connectivity index (χ0n) is 15.6. The van der Waals surface area contributed by atoms with E-state index in [2.05, 4.69) is 10.3 Å². The van der Waals surface area contributed by atoms with Gasteiger partial charge in [0.25, 0.3) is 10.2 Å². The lowest BCUT2D eigenvalue weighted by molar-refractivity contribution is -0.126. The van der Waals surface area contributed by atoms with E-state index < -0.39 is 10.2 Å². The predicted octanol–water partition coefficient (Wildman–Crippen LogP) is 1.01. The van der Waals surface area contributed by atoms with Gasteiger partial charge in [0.1, 0.15) is 0 Å². The van der Waals surface area contributed by atoms with Crippen LogP contribution in [0.3, 0.4) is 0 Å². The highest BCUT2D eigenvalue weighted by Crippen LogP contribution is 2.21. The number of para-hydroxylation sites is 1. The lowest BCUT2D eigenvalue weighted by Gasteiger charge is -2.32. The van der Waals surface area contributed by atoms with Gasteiger partial charge in [0, 0.05) is 52.0 Å². The van der Waals surface area contributed by atoms with Crippen molar-refractivity contribution in [3.63, 3.8) is 0 Å². The second-order valence-corrected chi connectivity index (χ2v) is 8.92. The van der Waals surface area contributed by atoms with Crippen molar-refractivity contribution in [1.82, 2.24) is 23.5 Å². The maximum Gasteiger partial charge on any atom is 0.281 e. The van der Waals surface area contributed by atoms with Gasteiger partial charge in [-0.2, -0.15) is 17.0 Å². The van der Waals surface area contributed by atoms with Crippen molar-refractivity contribution in [2.24, 2.45) is 5.92 Å². The third-order valence-corrected chi connectivity index (χ3v) is 6.78. The number of nitrogens with one attached hydrogen (secondary N) is 1. The van der Waals surface area contributed by atoms with Gasteiger partial charge in [-0.3, -0.25) is 4.79 Å². The van der Waals surface area contributed by atoms with Crippen molar-refractivity contribution < 1.29 is 13.2 Å². The van der Waals surface area contributed by atoms with Crippen LogP contribution in [0.25, 0.3) is 5.69 Å². The highest BCUT2D eigenvalue weighted by Gasteiger charge is 2.32. The van der Waals surface area contributed by atoms with Crippen LogP contribution in [-0.2, 0) is 21.5 Å². The summed E-state index contributed by atoms with van der Waals surface area (Å²) in [5.41, 5.74) is 1.97. The fraction of sp³-hybridized carbons (Fsp3) is 0.444. The van der Waals surface area contributed by atoms with Crippen LogP contribution >= 0.6 is 0 Å². The Morgan fingerprint density at radius 2 is 1.96 bits per heavy atom. The Kier molecular flexibility index (Phi) is 5.93. The molecule has 1 N–H and O–H groups in total. The molecule has 1 aromatic heterocycles. The van der Waals surface area contributed by atoms with Gasteiger partial charge in [-0.25, -0.2) is 4.98 Å². The number of carbonyl (C=O) groups is 1. The number of piperidine rings is 1. The van der Waals surface area contributed by atoms with E-state index in [4.69, 9.17) is 0 Å². The number of aromatic nitrogens is 2. The van der Waals surface area contributed by atoms with Crippen molar-refractivity contribution in [1.29, 1.82) is 0 Å². The number of hydrogen-bond acceptors (Lipinski definition) is 4. The van der Waals surface area contributed by atoms with E-state index in [1.165, 1.54) is 22.7 Å². The van der Waals surface area contributed by atoms with Gasteiger partial charge in [0.05, 0.1) is 12.0 Å². The summed E-state index contributed by atoms with van der Waals surface area (Å²) in [5.74, 6) is -0.198. The van der Waals surface area contributed by atoms with Crippen LogP contribution in [0.1, 0.15) is 18.4 Å². The third-order valence-electron chi connectivity index (χ3n) is 4.84. The van der Waals surface area contributed by atoms with Crippen molar-refractivity contribution >= 4 is 16.1 Å². The molecule has 8 nitrogen and oxygen atoms in total. The molecular formula is C18H25N5O3S. The second kappa shape index (κ2) is 8.20. The van der Waals surface area contributed by atoms with E-state index in [1.807, 2.05) is 35.0 Å². The molecule has 2 heterocycles. The first-order valence-corrected chi connectivity index (χ1v) is 10.3. The first kappa shape index (κ1) is 19.5. The van der Waals surface area contributed by atoms with Crippen molar-refractivity contribution in [2.45, 2.75) is 19.4 Å². The van der Waals surface area contributed by atoms with Crippen LogP contribution in [0.4, 0.5) is 0 Å². The first-order valence-electron chi connectivity index (χ1n) is 8.91. The molecule has 0 radical (unpaired) electrons. The SMILES string of the molecule is CN(C)S(=O)(=O)N1CCC(C(=O)NCc2ccccc2-n2ccnc2)CC1. The highest BCUT2D eigenvalue weighted by molar-refractivity contribution is 7.86.